The lowest BCUT2D eigenvalue weighted by Gasteiger charge is -2.12. The van der Waals surface area contributed by atoms with Crippen molar-refractivity contribution in [1.82, 2.24) is 4.98 Å². The van der Waals surface area contributed by atoms with Crippen LogP contribution in [0.1, 0.15) is 23.1 Å². The van der Waals surface area contributed by atoms with Crippen LogP contribution in [0, 0.1) is 0 Å². The largest absolute Gasteiger partial charge is 0.392 e. The molecule has 0 bridgehead atoms. The van der Waals surface area contributed by atoms with Gasteiger partial charge in [0.1, 0.15) is 5.82 Å². The Morgan fingerprint density at radius 3 is 2.50 bits per heavy atom. The van der Waals surface area contributed by atoms with Gasteiger partial charge in [0.15, 0.2) is 0 Å². The number of hydrogen-bond acceptors (Lipinski definition) is 4. The van der Waals surface area contributed by atoms with Crippen LogP contribution >= 0.6 is 0 Å². The summed E-state index contributed by atoms with van der Waals surface area (Å²) in [7, 11) is 0. The van der Waals surface area contributed by atoms with Gasteiger partial charge in [0.2, 0.25) is 0 Å². The highest BCUT2D eigenvalue weighted by Crippen LogP contribution is 2.26. The average Bonchev–Trinajstić information content (AvgIpc) is 2.16. The SMILES string of the molecule is NCc1c(C(F)F)cnc(N)c1CO. The van der Waals surface area contributed by atoms with E-state index in [4.69, 9.17) is 16.6 Å². The summed E-state index contributed by atoms with van der Waals surface area (Å²) >= 11 is 0. The van der Waals surface area contributed by atoms with E-state index in [9.17, 15) is 8.78 Å². The number of aliphatic hydroxyl groups excluding tert-OH is 1. The third-order valence-electron chi connectivity index (χ3n) is 1.96. The predicted molar refractivity (Wildman–Crippen MR) is 47.4 cm³/mol. The van der Waals surface area contributed by atoms with Gasteiger partial charge in [0, 0.05) is 23.9 Å². The first kappa shape index (κ1) is 10.8. The van der Waals surface area contributed by atoms with Crippen molar-refractivity contribution in [2.45, 2.75) is 19.6 Å². The van der Waals surface area contributed by atoms with E-state index in [0.29, 0.717) is 0 Å². The molecule has 0 unspecified atom stereocenters. The van der Waals surface area contributed by atoms with Crippen LogP contribution in [0.3, 0.4) is 0 Å². The summed E-state index contributed by atoms with van der Waals surface area (Å²) < 4.78 is 24.9. The van der Waals surface area contributed by atoms with Crippen molar-refractivity contribution in [1.29, 1.82) is 0 Å². The van der Waals surface area contributed by atoms with E-state index in [-0.39, 0.29) is 29.1 Å². The molecule has 0 saturated heterocycles. The molecule has 6 heteroatoms. The van der Waals surface area contributed by atoms with E-state index in [0.717, 1.165) is 6.20 Å². The first-order chi connectivity index (χ1) is 6.61. The third kappa shape index (κ3) is 1.80. The standard InChI is InChI=1S/C8H11F2N3O/c9-7(10)5-2-13-8(12)6(3-14)4(5)1-11/h2,7,14H,1,3,11H2,(H2,12,13). The molecule has 0 spiro atoms. The number of rotatable bonds is 3. The van der Waals surface area contributed by atoms with Gasteiger partial charge in [-0.05, 0) is 5.56 Å². The van der Waals surface area contributed by atoms with E-state index < -0.39 is 13.0 Å². The number of pyridine rings is 1. The summed E-state index contributed by atoms with van der Waals surface area (Å²) in [6, 6.07) is 0. The van der Waals surface area contributed by atoms with Crippen molar-refractivity contribution < 1.29 is 13.9 Å². The Morgan fingerprint density at radius 1 is 1.43 bits per heavy atom. The van der Waals surface area contributed by atoms with Crippen LogP contribution < -0.4 is 11.5 Å². The fourth-order valence-corrected chi connectivity index (χ4v) is 1.23. The molecule has 5 N–H and O–H groups in total. The van der Waals surface area contributed by atoms with Crippen LogP contribution in [0.5, 0.6) is 0 Å². The first-order valence-corrected chi connectivity index (χ1v) is 3.97. The maximum Gasteiger partial charge on any atom is 0.265 e. The van der Waals surface area contributed by atoms with Gasteiger partial charge in [-0.1, -0.05) is 0 Å². The fraction of sp³-hybridized carbons (Fsp3) is 0.375. The molecule has 0 radical (unpaired) electrons. The van der Waals surface area contributed by atoms with Crippen molar-refractivity contribution >= 4 is 5.82 Å². The molecule has 4 nitrogen and oxygen atoms in total. The monoisotopic (exact) mass is 203 g/mol. The van der Waals surface area contributed by atoms with Crippen LogP contribution in [0.25, 0.3) is 0 Å². The van der Waals surface area contributed by atoms with Crippen LogP contribution in [0.2, 0.25) is 0 Å². The van der Waals surface area contributed by atoms with E-state index in [1.54, 1.807) is 0 Å². The number of hydrogen-bond donors (Lipinski definition) is 3. The van der Waals surface area contributed by atoms with E-state index >= 15 is 0 Å². The molecule has 0 saturated carbocycles. The number of aromatic nitrogens is 1. The fourth-order valence-electron chi connectivity index (χ4n) is 1.23. The Hall–Kier alpha value is -1.27. The minimum atomic E-state index is -2.66. The number of nitrogen functional groups attached to an aromatic ring is 1. The smallest absolute Gasteiger partial charge is 0.265 e. The summed E-state index contributed by atoms with van der Waals surface area (Å²) in [6.45, 7) is -0.534. The average molecular weight is 203 g/mol. The summed E-state index contributed by atoms with van der Waals surface area (Å²) in [4.78, 5) is 3.56. The number of halogens is 2. The van der Waals surface area contributed by atoms with Crippen LogP contribution in [0.4, 0.5) is 14.6 Å². The third-order valence-corrected chi connectivity index (χ3v) is 1.96. The molecule has 1 aromatic rings. The first-order valence-electron chi connectivity index (χ1n) is 3.97. The Morgan fingerprint density at radius 2 is 2.07 bits per heavy atom. The maximum atomic E-state index is 12.4. The summed E-state index contributed by atoms with van der Waals surface area (Å²) in [5.74, 6) is 0.0392. The molecule has 0 aliphatic heterocycles. The molecule has 0 aromatic carbocycles. The summed E-state index contributed by atoms with van der Waals surface area (Å²) in [5.41, 5.74) is 10.8. The van der Waals surface area contributed by atoms with Gasteiger partial charge in [-0.25, -0.2) is 13.8 Å². The van der Waals surface area contributed by atoms with Gasteiger partial charge in [-0.3, -0.25) is 0 Å². The van der Waals surface area contributed by atoms with Gasteiger partial charge in [-0.2, -0.15) is 0 Å². The Labute approximate surface area is 79.6 Å². The van der Waals surface area contributed by atoms with Crippen molar-refractivity contribution in [2.24, 2.45) is 5.73 Å². The normalized spacial score (nSPS) is 10.9. The van der Waals surface area contributed by atoms with Crippen LogP contribution in [-0.2, 0) is 13.2 Å². The number of anilines is 1. The lowest BCUT2D eigenvalue weighted by atomic mass is 10.0. The zero-order chi connectivity index (χ0) is 10.7. The maximum absolute atomic E-state index is 12.4. The number of nitrogens with two attached hydrogens (primary N) is 2. The topological polar surface area (TPSA) is 85.2 Å². The van der Waals surface area contributed by atoms with E-state index in [1.165, 1.54) is 0 Å². The minimum Gasteiger partial charge on any atom is -0.392 e. The van der Waals surface area contributed by atoms with E-state index in [1.807, 2.05) is 0 Å². The Bertz CT molecular complexity index is 331. The molecular formula is C8H11F2N3O. The molecule has 0 aliphatic carbocycles. The molecule has 0 fully saturated rings. The Balaban J connectivity index is 3.33. The highest BCUT2D eigenvalue weighted by molar-refractivity contribution is 5.47. The molecular weight excluding hydrogens is 192 g/mol. The highest BCUT2D eigenvalue weighted by atomic mass is 19.3. The van der Waals surface area contributed by atoms with Gasteiger partial charge < -0.3 is 16.6 Å². The predicted octanol–water partition coefficient (Wildman–Crippen LogP) is 0.552. The Kier molecular flexibility index (Phi) is 3.32. The summed E-state index contributed by atoms with van der Waals surface area (Å²) in [5, 5.41) is 8.92. The number of aliphatic hydroxyl groups is 1. The highest BCUT2D eigenvalue weighted by Gasteiger charge is 2.17. The van der Waals surface area contributed by atoms with Crippen molar-refractivity contribution in [3.05, 3.63) is 22.9 Å². The van der Waals surface area contributed by atoms with Crippen molar-refractivity contribution in [3.8, 4) is 0 Å². The van der Waals surface area contributed by atoms with Gasteiger partial charge in [0.25, 0.3) is 6.43 Å². The second-order valence-electron chi connectivity index (χ2n) is 2.72. The second kappa shape index (κ2) is 4.30. The molecule has 0 atom stereocenters. The molecule has 0 aliphatic rings. The number of nitrogens with zero attached hydrogens (tertiary/aromatic N) is 1. The zero-order valence-corrected chi connectivity index (χ0v) is 7.37. The van der Waals surface area contributed by atoms with Gasteiger partial charge >= 0.3 is 0 Å². The molecule has 1 heterocycles. The molecule has 0 amide bonds. The molecule has 1 aromatic heterocycles. The van der Waals surface area contributed by atoms with E-state index in [2.05, 4.69) is 4.98 Å². The van der Waals surface area contributed by atoms with Crippen molar-refractivity contribution in [2.75, 3.05) is 5.73 Å². The molecule has 1 rings (SSSR count). The second-order valence-corrected chi connectivity index (χ2v) is 2.72. The summed E-state index contributed by atoms with van der Waals surface area (Å²) in [6.07, 6.45) is -1.67. The quantitative estimate of drug-likeness (QED) is 0.669. The van der Waals surface area contributed by atoms with Gasteiger partial charge in [-0.15, -0.1) is 0 Å². The lowest BCUT2D eigenvalue weighted by Crippen LogP contribution is -2.11. The van der Waals surface area contributed by atoms with Crippen LogP contribution in [0.15, 0.2) is 6.20 Å². The number of alkyl halides is 2. The van der Waals surface area contributed by atoms with Gasteiger partial charge in [0.05, 0.1) is 6.61 Å². The molecule has 78 valence electrons. The lowest BCUT2D eigenvalue weighted by molar-refractivity contribution is 0.149. The van der Waals surface area contributed by atoms with Crippen molar-refractivity contribution in [3.63, 3.8) is 0 Å². The minimum absolute atomic E-state index is 0.0392. The van der Waals surface area contributed by atoms with Crippen LogP contribution in [-0.4, -0.2) is 10.1 Å². The molecule has 14 heavy (non-hydrogen) atoms. The zero-order valence-electron chi connectivity index (χ0n) is 7.37.